The predicted octanol–water partition coefficient (Wildman–Crippen LogP) is 4.51. The fourth-order valence-corrected chi connectivity index (χ4v) is 3.20. The SMILES string of the molecule is Cc1ccc(C(C)NCCc2ccc(Cl)s2)cc1[N+](=O)[O-]. The largest absolute Gasteiger partial charge is 0.310 e. The van der Waals surface area contributed by atoms with Crippen LogP contribution in [0.1, 0.15) is 29.0 Å². The van der Waals surface area contributed by atoms with Gasteiger partial charge in [0.1, 0.15) is 0 Å². The van der Waals surface area contributed by atoms with Gasteiger partial charge in [-0.2, -0.15) is 0 Å². The molecule has 1 heterocycles. The summed E-state index contributed by atoms with van der Waals surface area (Å²) in [5, 5.41) is 14.4. The van der Waals surface area contributed by atoms with Gasteiger partial charge in [-0.1, -0.05) is 23.7 Å². The summed E-state index contributed by atoms with van der Waals surface area (Å²) in [7, 11) is 0. The van der Waals surface area contributed by atoms with Gasteiger partial charge in [-0.05, 0) is 38.0 Å². The van der Waals surface area contributed by atoms with Crippen LogP contribution in [0.2, 0.25) is 4.34 Å². The number of aryl methyl sites for hydroxylation is 1. The molecule has 0 saturated carbocycles. The van der Waals surface area contributed by atoms with Crippen LogP contribution in [-0.4, -0.2) is 11.5 Å². The van der Waals surface area contributed by atoms with Gasteiger partial charge in [-0.3, -0.25) is 10.1 Å². The van der Waals surface area contributed by atoms with Crippen molar-refractivity contribution >= 4 is 28.6 Å². The molecule has 1 unspecified atom stereocenters. The summed E-state index contributed by atoms with van der Waals surface area (Å²) in [5.41, 5.74) is 1.78. The topological polar surface area (TPSA) is 55.2 Å². The van der Waals surface area contributed by atoms with E-state index in [9.17, 15) is 10.1 Å². The highest BCUT2D eigenvalue weighted by atomic mass is 35.5. The van der Waals surface area contributed by atoms with Gasteiger partial charge in [0.05, 0.1) is 9.26 Å². The van der Waals surface area contributed by atoms with E-state index in [1.807, 2.05) is 25.1 Å². The van der Waals surface area contributed by atoms with Crippen LogP contribution in [0.5, 0.6) is 0 Å². The second-order valence-corrected chi connectivity index (χ2v) is 6.73. The van der Waals surface area contributed by atoms with Gasteiger partial charge in [-0.25, -0.2) is 0 Å². The molecule has 1 aromatic heterocycles. The molecule has 1 N–H and O–H groups in total. The Hall–Kier alpha value is -1.43. The number of halogens is 1. The van der Waals surface area contributed by atoms with Crippen molar-refractivity contribution in [2.24, 2.45) is 0 Å². The number of hydrogen-bond acceptors (Lipinski definition) is 4. The molecule has 0 aliphatic rings. The lowest BCUT2D eigenvalue weighted by Crippen LogP contribution is -2.21. The number of benzene rings is 1. The van der Waals surface area contributed by atoms with Crippen LogP contribution < -0.4 is 5.32 Å². The van der Waals surface area contributed by atoms with Crippen molar-refractivity contribution in [2.45, 2.75) is 26.3 Å². The fourth-order valence-electron chi connectivity index (χ4n) is 2.11. The maximum absolute atomic E-state index is 11.0. The van der Waals surface area contributed by atoms with Crippen LogP contribution in [0.3, 0.4) is 0 Å². The lowest BCUT2D eigenvalue weighted by atomic mass is 10.0. The number of thiophene rings is 1. The second-order valence-electron chi connectivity index (χ2n) is 4.93. The van der Waals surface area contributed by atoms with E-state index in [1.165, 1.54) is 4.88 Å². The number of nitrogens with zero attached hydrogens (tertiary/aromatic N) is 1. The van der Waals surface area contributed by atoms with Crippen molar-refractivity contribution in [3.63, 3.8) is 0 Å². The first-order valence-electron chi connectivity index (χ1n) is 6.70. The first kappa shape index (κ1) is 15.9. The molecular weight excluding hydrogens is 308 g/mol. The average Bonchev–Trinajstić information content (AvgIpc) is 2.84. The van der Waals surface area contributed by atoms with E-state index in [-0.39, 0.29) is 16.7 Å². The monoisotopic (exact) mass is 324 g/mol. The fraction of sp³-hybridized carbons (Fsp3) is 0.333. The minimum Gasteiger partial charge on any atom is -0.310 e. The molecule has 6 heteroatoms. The molecule has 0 radical (unpaired) electrons. The molecular formula is C15H17ClN2O2S. The third kappa shape index (κ3) is 4.27. The van der Waals surface area contributed by atoms with Gasteiger partial charge in [-0.15, -0.1) is 11.3 Å². The number of nitrogens with one attached hydrogen (secondary N) is 1. The Morgan fingerprint density at radius 1 is 1.38 bits per heavy atom. The smallest absolute Gasteiger partial charge is 0.272 e. The van der Waals surface area contributed by atoms with E-state index < -0.39 is 0 Å². The van der Waals surface area contributed by atoms with E-state index in [4.69, 9.17) is 11.6 Å². The minimum absolute atomic E-state index is 0.0692. The third-order valence-corrected chi connectivity index (χ3v) is 4.67. The first-order chi connectivity index (χ1) is 9.97. The molecule has 2 rings (SSSR count). The van der Waals surface area contributed by atoms with Gasteiger partial charge in [0.2, 0.25) is 0 Å². The molecule has 4 nitrogen and oxygen atoms in total. The normalized spacial score (nSPS) is 12.3. The van der Waals surface area contributed by atoms with Crippen LogP contribution in [0.4, 0.5) is 5.69 Å². The van der Waals surface area contributed by atoms with Crippen LogP contribution in [0.15, 0.2) is 30.3 Å². The molecule has 112 valence electrons. The lowest BCUT2D eigenvalue weighted by molar-refractivity contribution is -0.385. The van der Waals surface area contributed by atoms with Gasteiger partial charge < -0.3 is 5.32 Å². The van der Waals surface area contributed by atoms with Gasteiger partial charge in [0.15, 0.2) is 0 Å². The van der Waals surface area contributed by atoms with E-state index in [0.29, 0.717) is 5.56 Å². The van der Waals surface area contributed by atoms with Gasteiger partial charge >= 0.3 is 0 Å². The molecule has 0 bridgehead atoms. The van der Waals surface area contributed by atoms with Crippen LogP contribution in [0.25, 0.3) is 0 Å². The Morgan fingerprint density at radius 3 is 2.76 bits per heavy atom. The zero-order chi connectivity index (χ0) is 15.4. The van der Waals surface area contributed by atoms with E-state index >= 15 is 0 Å². The highest BCUT2D eigenvalue weighted by molar-refractivity contribution is 7.16. The van der Waals surface area contributed by atoms with Crippen molar-refractivity contribution in [3.8, 4) is 0 Å². The molecule has 1 aromatic carbocycles. The molecule has 0 saturated heterocycles. The highest BCUT2D eigenvalue weighted by Crippen LogP contribution is 2.24. The Kier molecular flexibility index (Phi) is 5.33. The quantitative estimate of drug-likeness (QED) is 0.628. The second kappa shape index (κ2) is 7.02. The first-order valence-corrected chi connectivity index (χ1v) is 7.89. The summed E-state index contributed by atoms with van der Waals surface area (Å²) >= 11 is 7.47. The van der Waals surface area contributed by atoms with Crippen LogP contribution in [-0.2, 0) is 6.42 Å². The number of nitro benzene ring substituents is 1. The maximum Gasteiger partial charge on any atom is 0.272 e. The molecule has 0 aliphatic heterocycles. The Bertz CT molecular complexity index is 642. The zero-order valence-electron chi connectivity index (χ0n) is 11.9. The van der Waals surface area contributed by atoms with Crippen LogP contribution >= 0.6 is 22.9 Å². The highest BCUT2D eigenvalue weighted by Gasteiger charge is 2.14. The summed E-state index contributed by atoms with van der Waals surface area (Å²) in [6.07, 6.45) is 0.898. The number of hydrogen-bond donors (Lipinski definition) is 1. The van der Waals surface area contributed by atoms with Crippen molar-refractivity contribution in [1.82, 2.24) is 5.32 Å². The van der Waals surface area contributed by atoms with Gasteiger partial charge in [0.25, 0.3) is 5.69 Å². The molecule has 0 fully saturated rings. The molecule has 0 aliphatic carbocycles. The van der Waals surface area contributed by atoms with E-state index in [1.54, 1.807) is 30.4 Å². The standard InChI is InChI=1S/C15H17ClN2O2S/c1-10-3-4-12(9-14(10)18(19)20)11(2)17-8-7-13-5-6-15(16)21-13/h3-6,9,11,17H,7-8H2,1-2H3. The summed E-state index contributed by atoms with van der Waals surface area (Å²) in [5.74, 6) is 0. The van der Waals surface area contributed by atoms with E-state index in [0.717, 1.165) is 22.9 Å². The van der Waals surface area contributed by atoms with Crippen molar-refractivity contribution in [1.29, 1.82) is 0 Å². The molecule has 2 aromatic rings. The Labute approximate surface area is 132 Å². The molecule has 21 heavy (non-hydrogen) atoms. The van der Waals surface area contributed by atoms with Crippen molar-refractivity contribution < 1.29 is 4.92 Å². The van der Waals surface area contributed by atoms with Gasteiger partial charge in [0, 0.05) is 29.1 Å². The number of nitro groups is 1. The molecule has 0 amide bonds. The van der Waals surface area contributed by atoms with Crippen molar-refractivity contribution in [2.75, 3.05) is 6.54 Å². The predicted molar refractivity (Wildman–Crippen MR) is 87.3 cm³/mol. The zero-order valence-corrected chi connectivity index (χ0v) is 13.5. The molecule has 0 spiro atoms. The molecule has 1 atom stereocenters. The summed E-state index contributed by atoms with van der Waals surface area (Å²) in [6, 6.07) is 9.37. The van der Waals surface area contributed by atoms with Crippen LogP contribution in [0, 0.1) is 17.0 Å². The Morgan fingerprint density at radius 2 is 2.14 bits per heavy atom. The summed E-state index contributed by atoms with van der Waals surface area (Å²) in [4.78, 5) is 11.9. The third-order valence-electron chi connectivity index (χ3n) is 3.38. The van der Waals surface area contributed by atoms with Crippen molar-refractivity contribution in [3.05, 3.63) is 60.8 Å². The van der Waals surface area contributed by atoms with E-state index in [2.05, 4.69) is 5.32 Å². The maximum atomic E-state index is 11.0. The summed E-state index contributed by atoms with van der Waals surface area (Å²) in [6.45, 7) is 4.57. The summed E-state index contributed by atoms with van der Waals surface area (Å²) < 4.78 is 0.798. The average molecular weight is 325 g/mol. The number of rotatable bonds is 6. The Balaban J connectivity index is 1.95. The minimum atomic E-state index is -0.334. The lowest BCUT2D eigenvalue weighted by Gasteiger charge is -2.14.